The minimum absolute atomic E-state index is 0.0234. The fraction of sp³-hybridized carbons (Fsp3) is 0.455. The molecule has 0 bridgehead atoms. The van der Waals surface area contributed by atoms with E-state index in [1.165, 1.54) is 12.1 Å². The fourth-order valence-electron chi connectivity index (χ4n) is 1.09. The highest BCUT2D eigenvalue weighted by Crippen LogP contribution is 2.12. The van der Waals surface area contributed by atoms with Crippen molar-refractivity contribution in [2.75, 3.05) is 27.1 Å². The molecule has 0 saturated carbocycles. The van der Waals surface area contributed by atoms with Crippen molar-refractivity contribution in [3.8, 4) is 0 Å². The van der Waals surface area contributed by atoms with Crippen molar-refractivity contribution in [1.82, 2.24) is 4.13 Å². The average molecular weight is 307 g/mol. The molecular formula is C11H17NO5S2. The quantitative estimate of drug-likeness (QED) is 0.322. The predicted molar refractivity (Wildman–Crippen MR) is 72.9 cm³/mol. The lowest BCUT2D eigenvalue weighted by molar-refractivity contribution is 0.000724. The van der Waals surface area contributed by atoms with Crippen LogP contribution in [0.3, 0.4) is 0 Å². The third kappa shape index (κ3) is 6.37. The molecule has 0 aliphatic heterocycles. The summed E-state index contributed by atoms with van der Waals surface area (Å²) in [6.07, 6.45) is 0. The molecule has 0 fully saturated rings. The van der Waals surface area contributed by atoms with Crippen LogP contribution in [0.1, 0.15) is 5.56 Å². The van der Waals surface area contributed by atoms with E-state index < -0.39 is 10.0 Å². The Morgan fingerprint density at radius 2 is 1.89 bits per heavy atom. The summed E-state index contributed by atoms with van der Waals surface area (Å²) in [4.78, 5) is 0.189. The van der Waals surface area contributed by atoms with Crippen LogP contribution in [0, 0.1) is 6.92 Å². The van der Waals surface area contributed by atoms with Crippen LogP contribution in [-0.2, 0) is 23.7 Å². The van der Waals surface area contributed by atoms with Gasteiger partial charge in [0.15, 0.2) is 6.79 Å². The van der Waals surface area contributed by atoms with Crippen LogP contribution < -0.4 is 4.13 Å². The number of hydrogen-bond donors (Lipinski definition) is 1. The summed E-state index contributed by atoms with van der Waals surface area (Å²) in [6, 6.07) is 6.53. The third-order valence-corrected chi connectivity index (χ3v) is 4.35. The predicted octanol–water partition coefficient (Wildman–Crippen LogP) is 1.47. The average Bonchev–Trinajstić information content (AvgIpc) is 2.38. The first-order valence-corrected chi connectivity index (χ1v) is 7.72. The number of hydrogen-bond acceptors (Lipinski definition) is 6. The molecule has 0 spiro atoms. The molecule has 0 atom stereocenters. The van der Waals surface area contributed by atoms with Gasteiger partial charge in [-0.05, 0) is 19.1 Å². The van der Waals surface area contributed by atoms with Gasteiger partial charge in [-0.1, -0.05) is 17.7 Å². The van der Waals surface area contributed by atoms with Crippen LogP contribution in [0.2, 0.25) is 0 Å². The van der Waals surface area contributed by atoms with Gasteiger partial charge in [-0.2, -0.15) is 0 Å². The highest BCUT2D eigenvalue weighted by atomic mass is 32.3. The number of ether oxygens (including phenoxy) is 2. The summed E-state index contributed by atoms with van der Waals surface area (Å²) in [7, 11) is -2.00. The van der Waals surface area contributed by atoms with Gasteiger partial charge in [0.1, 0.15) is 0 Å². The topological polar surface area (TPSA) is 73.9 Å². The van der Waals surface area contributed by atoms with Gasteiger partial charge in [-0.25, -0.2) is 8.42 Å². The molecule has 0 aromatic heterocycles. The first-order valence-electron chi connectivity index (χ1n) is 5.50. The van der Waals surface area contributed by atoms with Gasteiger partial charge in [0, 0.05) is 7.11 Å². The molecule has 6 nitrogen and oxygen atoms in total. The van der Waals surface area contributed by atoms with Crippen molar-refractivity contribution < 1.29 is 22.1 Å². The maximum Gasteiger partial charge on any atom is 0.251 e. The summed E-state index contributed by atoms with van der Waals surface area (Å²) in [5, 5.41) is 0. The number of nitrogens with one attached hydrogen (secondary N) is 1. The summed E-state index contributed by atoms with van der Waals surface area (Å²) < 4.78 is 40.5. The highest BCUT2D eigenvalue weighted by molar-refractivity contribution is 8.06. The zero-order valence-electron chi connectivity index (χ0n) is 10.8. The monoisotopic (exact) mass is 307 g/mol. The Bertz CT molecular complexity index is 460. The molecule has 108 valence electrons. The van der Waals surface area contributed by atoms with Crippen molar-refractivity contribution in [1.29, 1.82) is 0 Å². The first kappa shape index (κ1) is 16.4. The van der Waals surface area contributed by atoms with Crippen molar-refractivity contribution in [3.05, 3.63) is 29.8 Å². The SMILES string of the molecule is COCCOCOSNS(=O)(=O)c1ccc(C)cc1. The molecule has 0 aliphatic carbocycles. The van der Waals surface area contributed by atoms with Gasteiger partial charge < -0.3 is 9.47 Å². The maximum atomic E-state index is 11.8. The Labute approximate surface area is 117 Å². The van der Waals surface area contributed by atoms with Crippen molar-refractivity contribution in [2.24, 2.45) is 0 Å². The van der Waals surface area contributed by atoms with Crippen molar-refractivity contribution >= 4 is 22.3 Å². The highest BCUT2D eigenvalue weighted by Gasteiger charge is 2.13. The molecule has 8 heteroatoms. The Kier molecular flexibility index (Phi) is 7.36. The molecule has 0 heterocycles. The van der Waals surface area contributed by atoms with E-state index in [1.54, 1.807) is 19.2 Å². The van der Waals surface area contributed by atoms with E-state index in [2.05, 4.69) is 4.13 Å². The Balaban J connectivity index is 2.29. The van der Waals surface area contributed by atoms with Gasteiger partial charge in [0.25, 0.3) is 10.0 Å². The molecule has 0 aliphatic rings. The smallest absolute Gasteiger partial charge is 0.251 e. The number of aryl methyl sites for hydroxylation is 1. The largest absolute Gasteiger partial charge is 0.382 e. The number of methoxy groups -OCH3 is 1. The second-order valence-corrected chi connectivity index (χ2v) is 6.17. The van der Waals surface area contributed by atoms with Crippen molar-refractivity contribution in [3.63, 3.8) is 0 Å². The van der Waals surface area contributed by atoms with Crippen LogP contribution in [0.5, 0.6) is 0 Å². The minimum atomic E-state index is -3.57. The van der Waals surface area contributed by atoms with Crippen LogP contribution in [0.4, 0.5) is 0 Å². The van der Waals surface area contributed by atoms with Gasteiger partial charge >= 0.3 is 0 Å². The van der Waals surface area contributed by atoms with Gasteiger partial charge in [0.05, 0.1) is 30.3 Å². The Hall–Kier alpha value is -0.640. The Morgan fingerprint density at radius 1 is 1.21 bits per heavy atom. The lowest BCUT2D eigenvalue weighted by Crippen LogP contribution is -2.17. The minimum Gasteiger partial charge on any atom is -0.382 e. The maximum absolute atomic E-state index is 11.8. The molecule has 1 N–H and O–H groups in total. The van der Waals surface area contributed by atoms with Gasteiger partial charge in [-0.15, -0.1) is 4.13 Å². The summed E-state index contributed by atoms with van der Waals surface area (Å²) in [5.74, 6) is 0. The third-order valence-electron chi connectivity index (χ3n) is 2.10. The first-order chi connectivity index (χ1) is 9.06. The summed E-state index contributed by atoms with van der Waals surface area (Å²) in [5.41, 5.74) is 0.995. The van der Waals surface area contributed by atoms with E-state index >= 15 is 0 Å². The van der Waals surface area contributed by atoms with Crippen LogP contribution in [0.15, 0.2) is 29.2 Å². The normalized spacial score (nSPS) is 11.7. The van der Waals surface area contributed by atoms with E-state index in [1.807, 2.05) is 6.92 Å². The number of rotatable bonds is 9. The van der Waals surface area contributed by atoms with Gasteiger partial charge in [0.2, 0.25) is 0 Å². The molecule has 0 unspecified atom stereocenters. The second kappa shape index (κ2) is 8.51. The van der Waals surface area contributed by atoms with E-state index in [4.69, 9.17) is 13.7 Å². The molecule has 0 saturated heterocycles. The lowest BCUT2D eigenvalue weighted by atomic mass is 10.2. The molecule has 0 radical (unpaired) electrons. The van der Waals surface area contributed by atoms with Crippen LogP contribution in [-0.4, -0.2) is 35.5 Å². The summed E-state index contributed by atoms with van der Waals surface area (Å²) >= 11 is 0.613. The number of sulfonamides is 1. The number of benzene rings is 1. The molecule has 19 heavy (non-hydrogen) atoms. The zero-order valence-corrected chi connectivity index (χ0v) is 12.4. The van der Waals surface area contributed by atoms with Gasteiger partial charge in [-0.3, -0.25) is 4.18 Å². The van der Waals surface area contributed by atoms with Crippen molar-refractivity contribution in [2.45, 2.75) is 11.8 Å². The zero-order chi connectivity index (χ0) is 14.1. The molecular weight excluding hydrogens is 290 g/mol. The Morgan fingerprint density at radius 3 is 2.53 bits per heavy atom. The van der Waals surface area contributed by atoms with Crippen LogP contribution in [0.25, 0.3) is 0 Å². The van der Waals surface area contributed by atoms with E-state index in [9.17, 15) is 8.42 Å². The van der Waals surface area contributed by atoms with E-state index in [-0.39, 0.29) is 11.7 Å². The van der Waals surface area contributed by atoms with Crippen LogP contribution >= 0.6 is 12.2 Å². The van der Waals surface area contributed by atoms with E-state index in [0.717, 1.165) is 5.56 Å². The fourth-order valence-corrected chi connectivity index (χ4v) is 2.64. The standard InChI is InChI=1S/C11H17NO5S2/c1-10-3-5-11(6-4-10)19(13,14)12-18-17-9-16-8-7-15-2/h3-6,12H,7-9H2,1-2H3. The van der Waals surface area contributed by atoms with E-state index in [0.29, 0.717) is 25.4 Å². The molecule has 1 rings (SSSR count). The molecule has 1 aromatic carbocycles. The molecule has 1 aromatic rings. The second-order valence-electron chi connectivity index (χ2n) is 3.62. The lowest BCUT2D eigenvalue weighted by Gasteiger charge is -2.06. The summed E-state index contributed by atoms with van der Waals surface area (Å²) in [6.45, 7) is 2.72. The molecule has 0 amide bonds.